The molecule has 0 fully saturated rings. The highest BCUT2D eigenvalue weighted by molar-refractivity contribution is 9.10. The Hall–Kier alpha value is -0.900. The number of amides is 1. The molecule has 1 atom stereocenters. The van der Waals surface area contributed by atoms with Gasteiger partial charge in [0, 0.05) is 10.5 Å². The summed E-state index contributed by atoms with van der Waals surface area (Å²) in [4.78, 5) is 11.6. The highest BCUT2D eigenvalue weighted by Crippen LogP contribution is 2.15. The van der Waals surface area contributed by atoms with Gasteiger partial charge in [0.05, 0.1) is 5.56 Å². The first-order chi connectivity index (χ1) is 7.04. The fourth-order valence-corrected chi connectivity index (χ4v) is 1.44. The van der Waals surface area contributed by atoms with Crippen LogP contribution in [0.4, 0.5) is 4.39 Å². The smallest absolute Gasteiger partial charge is 0.254 e. The van der Waals surface area contributed by atoms with Gasteiger partial charge in [-0.3, -0.25) is 4.79 Å². The molecule has 1 amide bonds. The van der Waals surface area contributed by atoms with Crippen LogP contribution >= 0.6 is 15.9 Å². The van der Waals surface area contributed by atoms with Crippen LogP contribution < -0.4 is 5.32 Å². The third kappa shape index (κ3) is 3.30. The Labute approximate surface area is 97.0 Å². The van der Waals surface area contributed by atoms with Gasteiger partial charge < -0.3 is 5.32 Å². The first-order valence-corrected chi connectivity index (χ1v) is 5.59. The molecule has 15 heavy (non-hydrogen) atoms. The van der Waals surface area contributed by atoms with Crippen molar-refractivity contribution in [3.8, 4) is 0 Å². The molecule has 0 aliphatic rings. The molecule has 0 heterocycles. The monoisotopic (exact) mass is 273 g/mol. The lowest BCUT2D eigenvalue weighted by molar-refractivity contribution is 0.0935. The lowest BCUT2D eigenvalue weighted by Gasteiger charge is -2.11. The second-order valence-corrected chi connectivity index (χ2v) is 4.32. The van der Waals surface area contributed by atoms with E-state index in [1.165, 1.54) is 12.1 Å². The number of nitrogens with one attached hydrogen (secondary N) is 1. The van der Waals surface area contributed by atoms with Crippen molar-refractivity contribution in [1.29, 1.82) is 0 Å². The van der Waals surface area contributed by atoms with Gasteiger partial charge in [-0.2, -0.15) is 0 Å². The van der Waals surface area contributed by atoms with Gasteiger partial charge in [-0.1, -0.05) is 22.9 Å². The summed E-state index contributed by atoms with van der Waals surface area (Å²) in [6, 6.07) is 4.37. The van der Waals surface area contributed by atoms with Crippen molar-refractivity contribution < 1.29 is 9.18 Å². The number of carbonyl (C=O) groups is 1. The molecule has 82 valence electrons. The van der Waals surface area contributed by atoms with Gasteiger partial charge in [-0.05, 0) is 31.5 Å². The van der Waals surface area contributed by atoms with E-state index in [2.05, 4.69) is 21.2 Å². The Morgan fingerprint density at radius 1 is 1.60 bits per heavy atom. The van der Waals surface area contributed by atoms with Crippen LogP contribution in [0.25, 0.3) is 0 Å². The molecule has 0 bridgehead atoms. The number of benzene rings is 1. The molecule has 2 nitrogen and oxygen atoms in total. The topological polar surface area (TPSA) is 29.1 Å². The van der Waals surface area contributed by atoms with E-state index in [-0.39, 0.29) is 17.5 Å². The zero-order valence-electron chi connectivity index (χ0n) is 8.68. The second-order valence-electron chi connectivity index (χ2n) is 3.41. The first-order valence-electron chi connectivity index (χ1n) is 4.80. The van der Waals surface area contributed by atoms with E-state index in [4.69, 9.17) is 0 Å². The van der Waals surface area contributed by atoms with Crippen molar-refractivity contribution in [2.45, 2.75) is 26.3 Å². The van der Waals surface area contributed by atoms with Crippen LogP contribution in [0.15, 0.2) is 22.7 Å². The molecular weight excluding hydrogens is 261 g/mol. The Morgan fingerprint density at radius 3 is 2.87 bits per heavy atom. The number of halogens is 2. The molecule has 0 saturated heterocycles. The van der Waals surface area contributed by atoms with Gasteiger partial charge in [0.2, 0.25) is 0 Å². The minimum absolute atomic E-state index is 0.0517. The quantitative estimate of drug-likeness (QED) is 0.901. The zero-order valence-corrected chi connectivity index (χ0v) is 10.3. The van der Waals surface area contributed by atoms with Crippen LogP contribution in [0.1, 0.15) is 30.6 Å². The Morgan fingerprint density at radius 2 is 2.27 bits per heavy atom. The summed E-state index contributed by atoms with van der Waals surface area (Å²) >= 11 is 3.20. The van der Waals surface area contributed by atoms with Crippen LogP contribution in [-0.4, -0.2) is 11.9 Å². The molecule has 0 radical (unpaired) electrons. The number of hydrogen-bond donors (Lipinski definition) is 1. The van der Waals surface area contributed by atoms with Gasteiger partial charge in [-0.15, -0.1) is 0 Å². The summed E-state index contributed by atoms with van der Waals surface area (Å²) in [7, 11) is 0. The second kappa shape index (κ2) is 5.26. The standard InChI is InChI=1S/C11H13BrFNO/c1-3-7(2)14-11(15)9-6-8(12)4-5-10(9)13/h4-7H,3H2,1-2H3,(H,14,15)/t7-/m0/s1. The molecule has 0 spiro atoms. The van der Waals surface area contributed by atoms with E-state index in [1.54, 1.807) is 6.07 Å². The van der Waals surface area contributed by atoms with Crippen LogP contribution in [-0.2, 0) is 0 Å². The molecule has 0 unspecified atom stereocenters. The van der Waals surface area contributed by atoms with Crippen molar-refractivity contribution >= 4 is 21.8 Å². The largest absolute Gasteiger partial charge is 0.350 e. The van der Waals surface area contributed by atoms with Crippen LogP contribution in [0.5, 0.6) is 0 Å². The van der Waals surface area contributed by atoms with Crippen LogP contribution in [0.3, 0.4) is 0 Å². The maximum atomic E-state index is 13.3. The highest BCUT2D eigenvalue weighted by Gasteiger charge is 2.13. The van der Waals surface area contributed by atoms with Gasteiger partial charge >= 0.3 is 0 Å². The number of rotatable bonds is 3. The first kappa shape index (κ1) is 12.2. The Balaban J connectivity index is 2.86. The third-order valence-electron chi connectivity index (χ3n) is 2.16. The van der Waals surface area contributed by atoms with Gasteiger partial charge in [-0.25, -0.2) is 4.39 Å². The Kier molecular flexibility index (Phi) is 4.27. The predicted molar refractivity (Wildman–Crippen MR) is 61.3 cm³/mol. The highest BCUT2D eigenvalue weighted by atomic mass is 79.9. The van der Waals surface area contributed by atoms with E-state index < -0.39 is 5.82 Å². The molecule has 1 rings (SSSR count). The molecule has 0 aliphatic carbocycles. The lowest BCUT2D eigenvalue weighted by Crippen LogP contribution is -2.32. The molecular formula is C11H13BrFNO. The minimum atomic E-state index is -0.501. The van der Waals surface area contributed by atoms with Crippen LogP contribution in [0, 0.1) is 5.82 Å². The molecule has 1 aromatic rings. The summed E-state index contributed by atoms with van der Waals surface area (Å²) in [5, 5.41) is 2.71. The van der Waals surface area contributed by atoms with E-state index in [9.17, 15) is 9.18 Å². The summed E-state index contributed by atoms with van der Waals surface area (Å²) in [6.45, 7) is 3.84. The van der Waals surface area contributed by atoms with Crippen molar-refractivity contribution in [2.75, 3.05) is 0 Å². The molecule has 4 heteroatoms. The average Bonchev–Trinajstić information content (AvgIpc) is 2.21. The van der Waals surface area contributed by atoms with Gasteiger partial charge in [0.15, 0.2) is 0 Å². The predicted octanol–water partition coefficient (Wildman–Crippen LogP) is 3.12. The summed E-state index contributed by atoms with van der Waals surface area (Å²) in [5.74, 6) is -0.873. The molecule has 0 aliphatic heterocycles. The minimum Gasteiger partial charge on any atom is -0.350 e. The van der Waals surface area contributed by atoms with Crippen molar-refractivity contribution in [1.82, 2.24) is 5.32 Å². The average molecular weight is 274 g/mol. The van der Waals surface area contributed by atoms with Crippen molar-refractivity contribution in [2.24, 2.45) is 0 Å². The fourth-order valence-electron chi connectivity index (χ4n) is 1.08. The molecule has 1 aromatic carbocycles. The van der Waals surface area contributed by atoms with E-state index in [0.29, 0.717) is 4.47 Å². The van der Waals surface area contributed by atoms with E-state index in [1.807, 2.05) is 13.8 Å². The summed E-state index contributed by atoms with van der Waals surface area (Å²) in [6.07, 6.45) is 0.821. The molecule has 0 saturated carbocycles. The summed E-state index contributed by atoms with van der Waals surface area (Å²) in [5.41, 5.74) is 0.0738. The SMILES string of the molecule is CC[C@H](C)NC(=O)c1cc(Br)ccc1F. The van der Waals surface area contributed by atoms with Crippen molar-refractivity contribution in [3.05, 3.63) is 34.1 Å². The lowest BCUT2D eigenvalue weighted by atomic mass is 10.1. The Bertz CT molecular complexity index is 368. The fraction of sp³-hybridized carbons (Fsp3) is 0.364. The van der Waals surface area contributed by atoms with E-state index >= 15 is 0 Å². The number of carbonyl (C=O) groups excluding carboxylic acids is 1. The third-order valence-corrected chi connectivity index (χ3v) is 2.66. The zero-order chi connectivity index (χ0) is 11.4. The number of hydrogen-bond acceptors (Lipinski definition) is 1. The molecule has 1 N–H and O–H groups in total. The van der Waals surface area contributed by atoms with Gasteiger partial charge in [0.25, 0.3) is 5.91 Å². The van der Waals surface area contributed by atoms with E-state index in [0.717, 1.165) is 6.42 Å². The van der Waals surface area contributed by atoms with Gasteiger partial charge in [0.1, 0.15) is 5.82 Å². The van der Waals surface area contributed by atoms with Crippen molar-refractivity contribution in [3.63, 3.8) is 0 Å². The maximum Gasteiger partial charge on any atom is 0.254 e. The normalized spacial score (nSPS) is 12.3. The summed E-state index contributed by atoms with van der Waals surface area (Å²) < 4.78 is 14.0. The maximum absolute atomic E-state index is 13.3. The van der Waals surface area contributed by atoms with Crippen LogP contribution in [0.2, 0.25) is 0 Å². The molecule has 0 aromatic heterocycles.